The number of nitrogens with one attached hydrogen (secondary N) is 1. The smallest absolute Gasteiger partial charge is 0.105 e. The lowest BCUT2D eigenvalue weighted by Gasteiger charge is -2.13. The molecule has 0 aliphatic carbocycles. The summed E-state index contributed by atoms with van der Waals surface area (Å²) in [5, 5.41) is 3.96. The molecule has 0 fully saturated rings. The Morgan fingerprint density at radius 1 is 1.06 bits per heavy atom. The maximum absolute atomic E-state index is 6.24. The van der Waals surface area contributed by atoms with E-state index in [1.54, 1.807) is 0 Å². The van der Waals surface area contributed by atoms with E-state index >= 15 is 0 Å². The largest absolute Gasteiger partial charge is 0.369 e. The number of anilines is 1. The van der Waals surface area contributed by atoms with E-state index in [0.29, 0.717) is 0 Å². The van der Waals surface area contributed by atoms with E-state index in [0.717, 1.165) is 22.7 Å². The van der Waals surface area contributed by atoms with E-state index in [-0.39, 0.29) is 5.50 Å². The lowest BCUT2D eigenvalue weighted by molar-refractivity contribution is 0.945. The summed E-state index contributed by atoms with van der Waals surface area (Å²) in [6.07, 6.45) is 0.747. The Balaban J connectivity index is 1.93. The summed E-state index contributed by atoms with van der Waals surface area (Å²) in [6.45, 7) is 0. The van der Waals surface area contributed by atoms with Crippen LogP contribution >= 0.6 is 23.2 Å². The molecule has 0 saturated heterocycles. The summed E-state index contributed by atoms with van der Waals surface area (Å²) < 4.78 is 0. The first-order valence-electron chi connectivity index (χ1n) is 5.35. The highest BCUT2D eigenvalue weighted by Crippen LogP contribution is 2.15. The first-order chi connectivity index (χ1) is 8.24. The van der Waals surface area contributed by atoms with Crippen LogP contribution in [0.2, 0.25) is 5.02 Å². The van der Waals surface area contributed by atoms with Crippen LogP contribution in [0.1, 0.15) is 5.56 Å². The Labute approximate surface area is 111 Å². The van der Waals surface area contributed by atoms with E-state index in [1.165, 1.54) is 0 Å². The number of halogens is 2. The predicted octanol–water partition coefficient (Wildman–Crippen LogP) is 4.36. The van der Waals surface area contributed by atoms with Gasteiger partial charge in [0.1, 0.15) is 5.50 Å². The zero-order valence-electron chi connectivity index (χ0n) is 9.16. The van der Waals surface area contributed by atoms with Crippen molar-refractivity contribution in [1.29, 1.82) is 0 Å². The molecule has 0 aliphatic rings. The predicted molar refractivity (Wildman–Crippen MR) is 73.7 cm³/mol. The maximum Gasteiger partial charge on any atom is 0.105 e. The van der Waals surface area contributed by atoms with Gasteiger partial charge >= 0.3 is 0 Å². The Bertz CT molecular complexity index is 453. The van der Waals surface area contributed by atoms with Gasteiger partial charge in [0.05, 0.1) is 0 Å². The lowest BCUT2D eigenvalue weighted by atomic mass is 10.1. The molecule has 2 aromatic rings. The van der Waals surface area contributed by atoms with Gasteiger partial charge in [0.2, 0.25) is 0 Å². The molecule has 1 nitrogen and oxygen atoms in total. The van der Waals surface area contributed by atoms with Crippen molar-refractivity contribution in [3.63, 3.8) is 0 Å². The van der Waals surface area contributed by atoms with Crippen molar-refractivity contribution < 1.29 is 0 Å². The number of hydrogen-bond acceptors (Lipinski definition) is 1. The third kappa shape index (κ3) is 3.95. The molecule has 0 aromatic heterocycles. The second-order valence-electron chi connectivity index (χ2n) is 3.73. The summed E-state index contributed by atoms with van der Waals surface area (Å²) in [6, 6.07) is 18.3. The van der Waals surface area contributed by atoms with E-state index in [1.807, 2.05) is 48.5 Å². The van der Waals surface area contributed by atoms with Crippen molar-refractivity contribution in [3.05, 3.63) is 65.2 Å². The van der Waals surface area contributed by atoms with Gasteiger partial charge in [0.25, 0.3) is 0 Å². The summed E-state index contributed by atoms with van der Waals surface area (Å²) in [5.41, 5.74) is 2.01. The van der Waals surface area contributed by atoms with Crippen molar-refractivity contribution in [3.8, 4) is 0 Å². The van der Waals surface area contributed by atoms with Gasteiger partial charge in [-0.3, -0.25) is 0 Å². The highest BCUT2D eigenvalue weighted by Gasteiger charge is 2.05. The van der Waals surface area contributed by atoms with Crippen molar-refractivity contribution >= 4 is 28.9 Å². The highest BCUT2D eigenvalue weighted by molar-refractivity contribution is 6.30. The first-order valence-corrected chi connectivity index (χ1v) is 6.16. The lowest BCUT2D eigenvalue weighted by Crippen LogP contribution is -2.15. The monoisotopic (exact) mass is 264 g/mol. The SMILES string of the molecule is Clc1ccc(CC(Cl)Nc2cc[c]cc2)cc1. The molecular formula is C14H12Cl2N. The molecule has 1 N–H and O–H groups in total. The maximum atomic E-state index is 6.24. The first kappa shape index (κ1) is 12.3. The standard InChI is InChI=1S/C14H12Cl2N/c15-12-8-6-11(7-9-12)10-14(16)17-13-4-2-1-3-5-13/h2-9,14,17H,10H2. The molecule has 0 aliphatic heterocycles. The van der Waals surface area contributed by atoms with Crippen LogP contribution in [0.15, 0.2) is 48.5 Å². The number of alkyl halides is 1. The van der Waals surface area contributed by atoms with Gasteiger partial charge in [-0.2, -0.15) is 0 Å². The van der Waals surface area contributed by atoms with Crippen LogP contribution in [0, 0.1) is 6.07 Å². The minimum atomic E-state index is -0.140. The molecule has 87 valence electrons. The zero-order valence-corrected chi connectivity index (χ0v) is 10.7. The molecule has 0 spiro atoms. The van der Waals surface area contributed by atoms with Crippen molar-refractivity contribution in [2.75, 3.05) is 5.32 Å². The average Bonchev–Trinajstić information content (AvgIpc) is 2.33. The Kier molecular flexibility index (Phi) is 4.29. The molecule has 0 heterocycles. The molecule has 1 unspecified atom stereocenters. The van der Waals surface area contributed by atoms with Crippen LogP contribution in [-0.2, 0) is 6.42 Å². The van der Waals surface area contributed by atoms with Gasteiger partial charge in [0, 0.05) is 17.1 Å². The molecule has 0 saturated carbocycles. The van der Waals surface area contributed by atoms with Gasteiger partial charge in [-0.25, -0.2) is 0 Å². The number of rotatable bonds is 4. The van der Waals surface area contributed by atoms with Crippen LogP contribution < -0.4 is 5.32 Å². The fraction of sp³-hybridized carbons (Fsp3) is 0.143. The minimum absolute atomic E-state index is 0.140. The summed E-state index contributed by atoms with van der Waals surface area (Å²) in [5.74, 6) is 0. The number of hydrogen-bond donors (Lipinski definition) is 1. The van der Waals surface area contributed by atoms with E-state index in [4.69, 9.17) is 23.2 Å². The van der Waals surface area contributed by atoms with Gasteiger partial charge in [-0.05, 0) is 35.9 Å². The fourth-order valence-electron chi connectivity index (χ4n) is 1.54. The third-order valence-corrected chi connectivity index (χ3v) is 2.89. The molecule has 2 rings (SSSR count). The minimum Gasteiger partial charge on any atom is -0.369 e. The fourth-order valence-corrected chi connectivity index (χ4v) is 1.97. The summed E-state index contributed by atoms with van der Waals surface area (Å²) in [7, 11) is 0. The van der Waals surface area contributed by atoms with Crippen molar-refractivity contribution in [2.24, 2.45) is 0 Å². The summed E-state index contributed by atoms with van der Waals surface area (Å²) >= 11 is 12.1. The molecular weight excluding hydrogens is 253 g/mol. The van der Waals surface area contributed by atoms with Gasteiger partial charge in [-0.1, -0.05) is 47.5 Å². The Morgan fingerprint density at radius 2 is 1.71 bits per heavy atom. The van der Waals surface area contributed by atoms with Crippen LogP contribution in [0.5, 0.6) is 0 Å². The Morgan fingerprint density at radius 3 is 2.35 bits per heavy atom. The summed E-state index contributed by atoms with van der Waals surface area (Å²) in [4.78, 5) is 0. The molecule has 0 amide bonds. The Hall–Kier alpha value is -1.18. The van der Waals surface area contributed by atoms with Crippen LogP contribution in [0.25, 0.3) is 0 Å². The normalized spacial score (nSPS) is 12.1. The average molecular weight is 265 g/mol. The zero-order chi connectivity index (χ0) is 12.1. The van der Waals surface area contributed by atoms with Crippen LogP contribution in [-0.4, -0.2) is 5.50 Å². The van der Waals surface area contributed by atoms with Gasteiger partial charge < -0.3 is 5.32 Å². The molecule has 0 bridgehead atoms. The second-order valence-corrected chi connectivity index (χ2v) is 4.69. The van der Waals surface area contributed by atoms with Crippen molar-refractivity contribution in [2.45, 2.75) is 11.9 Å². The quantitative estimate of drug-likeness (QED) is 0.639. The van der Waals surface area contributed by atoms with E-state index in [2.05, 4.69) is 11.4 Å². The highest BCUT2D eigenvalue weighted by atomic mass is 35.5. The molecule has 2 aromatic carbocycles. The molecule has 1 radical (unpaired) electrons. The van der Waals surface area contributed by atoms with E-state index < -0.39 is 0 Å². The second kappa shape index (κ2) is 5.95. The molecule has 17 heavy (non-hydrogen) atoms. The van der Waals surface area contributed by atoms with Crippen LogP contribution in [0.3, 0.4) is 0 Å². The van der Waals surface area contributed by atoms with Crippen molar-refractivity contribution in [1.82, 2.24) is 0 Å². The van der Waals surface area contributed by atoms with Gasteiger partial charge in [0.15, 0.2) is 0 Å². The van der Waals surface area contributed by atoms with E-state index in [9.17, 15) is 0 Å². The number of benzene rings is 2. The molecule has 3 heteroatoms. The van der Waals surface area contributed by atoms with Crippen LogP contribution in [0.4, 0.5) is 5.69 Å². The molecule has 1 atom stereocenters. The third-order valence-electron chi connectivity index (χ3n) is 2.37. The van der Waals surface area contributed by atoms with Gasteiger partial charge in [-0.15, -0.1) is 0 Å². The topological polar surface area (TPSA) is 12.0 Å².